The van der Waals surface area contributed by atoms with Gasteiger partial charge in [0.25, 0.3) is 0 Å². The van der Waals surface area contributed by atoms with Crippen molar-refractivity contribution in [2.24, 2.45) is 7.05 Å². The lowest BCUT2D eigenvalue weighted by molar-refractivity contribution is 0.386. The average Bonchev–Trinajstić information content (AvgIpc) is 3.28. The van der Waals surface area contributed by atoms with Crippen LogP contribution in [0.5, 0.6) is 0 Å². The number of hydrogen-bond acceptors (Lipinski definition) is 6. The summed E-state index contributed by atoms with van der Waals surface area (Å²) in [5.74, 6) is 1.05. The van der Waals surface area contributed by atoms with Gasteiger partial charge in [0, 0.05) is 44.4 Å². The minimum Gasteiger partial charge on any atom is -0.301 e. The smallest absolute Gasteiger partial charge is 0.243 e. The fourth-order valence-electron chi connectivity index (χ4n) is 3.69. The Kier molecular flexibility index (Phi) is 5.69. The van der Waals surface area contributed by atoms with E-state index in [0.29, 0.717) is 31.0 Å². The van der Waals surface area contributed by atoms with Gasteiger partial charge < -0.3 is 4.57 Å². The van der Waals surface area contributed by atoms with Gasteiger partial charge in [-0.3, -0.25) is 4.68 Å². The molecule has 0 bridgehead atoms. The molecule has 0 atom stereocenters. The summed E-state index contributed by atoms with van der Waals surface area (Å²) >= 11 is 1.61. The van der Waals surface area contributed by atoms with Crippen molar-refractivity contribution in [1.82, 2.24) is 28.9 Å². The summed E-state index contributed by atoms with van der Waals surface area (Å²) in [7, 11) is -1.89. The molecule has 0 fully saturated rings. The minimum absolute atomic E-state index is 0.0798. The maximum absolute atomic E-state index is 13.2. The minimum atomic E-state index is -3.75. The lowest BCUT2D eigenvalue weighted by Crippen LogP contribution is -2.36. The summed E-state index contributed by atoms with van der Waals surface area (Å²) in [6.07, 6.45) is 0.538. The molecule has 8 nitrogen and oxygen atoms in total. The molecule has 2 aromatic heterocycles. The van der Waals surface area contributed by atoms with Gasteiger partial charge in [-0.1, -0.05) is 18.7 Å². The first-order chi connectivity index (χ1) is 14.4. The molecular weight excluding hydrogens is 427 g/mol. The van der Waals surface area contributed by atoms with E-state index in [0.717, 1.165) is 34.3 Å². The maximum Gasteiger partial charge on any atom is 0.243 e. The maximum atomic E-state index is 13.2. The topological polar surface area (TPSA) is 85.9 Å². The van der Waals surface area contributed by atoms with E-state index in [1.54, 1.807) is 16.4 Å². The molecule has 1 aliphatic rings. The number of hydrogen-bond donors (Lipinski definition) is 0. The first-order valence-corrected chi connectivity index (χ1v) is 12.2. The number of benzene rings is 1. The van der Waals surface area contributed by atoms with Crippen LogP contribution in [0.2, 0.25) is 0 Å². The Morgan fingerprint density at radius 2 is 1.90 bits per heavy atom. The molecule has 1 aliphatic heterocycles. The highest BCUT2D eigenvalue weighted by molar-refractivity contribution is 7.99. The van der Waals surface area contributed by atoms with Crippen LogP contribution in [0.3, 0.4) is 0 Å². The third-order valence-electron chi connectivity index (χ3n) is 5.18. The second-order valence-corrected chi connectivity index (χ2v) is 10.1. The van der Waals surface area contributed by atoms with E-state index in [1.165, 1.54) is 16.4 Å². The highest BCUT2D eigenvalue weighted by Crippen LogP contribution is 2.32. The van der Waals surface area contributed by atoms with E-state index in [1.807, 2.05) is 18.5 Å². The normalized spacial score (nSPS) is 14.8. The molecule has 4 rings (SSSR count). The van der Waals surface area contributed by atoms with Crippen LogP contribution >= 0.6 is 11.8 Å². The van der Waals surface area contributed by atoms with E-state index >= 15 is 0 Å². The lowest BCUT2D eigenvalue weighted by atomic mass is 10.1. The molecule has 160 valence electrons. The summed E-state index contributed by atoms with van der Waals surface area (Å²) in [6, 6.07) is 4.92. The number of halogens is 1. The Balaban J connectivity index is 1.73. The van der Waals surface area contributed by atoms with Crippen LogP contribution in [0.4, 0.5) is 4.39 Å². The van der Waals surface area contributed by atoms with Gasteiger partial charge >= 0.3 is 0 Å². The Labute approximate surface area is 179 Å². The SMILES string of the molecule is CCSc1nnc(-c2nn(C)c3c2CN(S(=O)(=O)c2ccc(F)cc2)CC3)n1CC. The van der Waals surface area contributed by atoms with Gasteiger partial charge in [-0.2, -0.15) is 9.40 Å². The second-order valence-electron chi connectivity index (χ2n) is 6.92. The molecule has 0 amide bonds. The molecule has 0 unspecified atom stereocenters. The summed E-state index contributed by atoms with van der Waals surface area (Å²) in [5, 5.41) is 14.1. The van der Waals surface area contributed by atoms with Gasteiger partial charge in [0.2, 0.25) is 10.0 Å². The predicted molar refractivity (Wildman–Crippen MR) is 112 cm³/mol. The molecular formula is C19H23FN6O2S2. The largest absolute Gasteiger partial charge is 0.301 e. The van der Waals surface area contributed by atoms with Crippen molar-refractivity contribution in [3.05, 3.63) is 41.3 Å². The molecule has 0 spiro atoms. The van der Waals surface area contributed by atoms with Gasteiger partial charge in [-0.15, -0.1) is 10.2 Å². The number of nitrogens with zero attached hydrogens (tertiary/aromatic N) is 6. The molecule has 0 N–H and O–H groups in total. The number of rotatable bonds is 6. The molecule has 1 aromatic carbocycles. The molecule has 3 heterocycles. The Morgan fingerprint density at radius 3 is 2.57 bits per heavy atom. The zero-order valence-corrected chi connectivity index (χ0v) is 18.7. The fraction of sp³-hybridized carbons (Fsp3) is 0.421. The summed E-state index contributed by atoms with van der Waals surface area (Å²) in [4.78, 5) is 0.0798. The van der Waals surface area contributed by atoms with Gasteiger partial charge in [-0.05, 0) is 36.9 Å². The average molecular weight is 451 g/mol. The van der Waals surface area contributed by atoms with Crippen molar-refractivity contribution in [3.63, 3.8) is 0 Å². The van der Waals surface area contributed by atoms with E-state index < -0.39 is 15.8 Å². The zero-order chi connectivity index (χ0) is 21.5. The van der Waals surface area contributed by atoms with Crippen molar-refractivity contribution < 1.29 is 12.8 Å². The Morgan fingerprint density at radius 1 is 1.17 bits per heavy atom. The van der Waals surface area contributed by atoms with Gasteiger partial charge in [0.15, 0.2) is 11.0 Å². The molecule has 0 radical (unpaired) electrons. The highest BCUT2D eigenvalue weighted by atomic mass is 32.2. The van der Waals surface area contributed by atoms with E-state index in [2.05, 4.69) is 22.2 Å². The molecule has 3 aromatic rings. The van der Waals surface area contributed by atoms with Crippen LogP contribution in [0.1, 0.15) is 25.1 Å². The van der Waals surface area contributed by atoms with E-state index in [-0.39, 0.29) is 11.4 Å². The highest BCUT2D eigenvalue weighted by Gasteiger charge is 2.33. The quantitative estimate of drug-likeness (QED) is 0.537. The van der Waals surface area contributed by atoms with Crippen LogP contribution in [-0.4, -0.2) is 49.6 Å². The standard InChI is InChI=1S/C19H23FN6O2S2/c1-4-26-18(21-22-19(26)29-5-2)17-15-12-25(11-10-16(15)24(3)23-17)30(27,28)14-8-6-13(20)7-9-14/h6-9H,4-5,10-12H2,1-3H3. The van der Waals surface area contributed by atoms with Crippen molar-refractivity contribution in [3.8, 4) is 11.5 Å². The monoisotopic (exact) mass is 450 g/mol. The molecule has 11 heteroatoms. The van der Waals surface area contributed by atoms with E-state index in [4.69, 9.17) is 0 Å². The van der Waals surface area contributed by atoms with Gasteiger partial charge in [0.05, 0.1) is 4.90 Å². The second kappa shape index (κ2) is 8.12. The first-order valence-electron chi connectivity index (χ1n) is 9.73. The summed E-state index contributed by atoms with van der Waals surface area (Å²) < 4.78 is 44.7. The molecule has 0 aliphatic carbocycles. The Hall–Kier alpha value is -2.24. The van der Waals surface area contributed by atoms with Crippen molar-refractivity contribution in [2.45, 2.75) is 43.4 Å². The molecule has 0 saturated carbocycles. The van der Waals surface area contributed by atoms with Crippen LogP contribution in [0.25, 0.3) is 11.5 Å². The number of aromatic nitrogens is 5. The van der Waals surface area contributed by atoms with Crippen molar-refractivity contribution in [1.29, 1.82) is 0 Å². The first kappa shape index (κ1) is 21.0. The third kappa shape index (κ3) is 3.54. The van der Waals surface area contributed by atoms with Crippen LogP contribution in [0, 0.1) is 5.82 Å². The summed E-state index contributed by atoms with van der Waals surface area (Å²) in [6.45, 7) is 5.29. The number of sulfonamides is 1. The van der Waals surface area contributed by atoms with Crippen LogP contribution < -0.4 is 0 Å². The number of fused-ring (bicyclic) bond motifs is 1. The fourth-order valence-corrected chi connectivity index (χ4v) is 5.83. The number of aryl methyl sites for hydroxylation is 1. The van der Waals surface area contributed by atoms with Crippen molar-refractivity contribution >= 4 is 21.8 Å². The zero-order valence-electron chi connectivity index (χ0n) is 17.0. The van der Waals surface area contributed by atoms with Crippen LogP contribution in [-0.2, 0) is 36.6 Å². The third-order valence-corrected chi connectivity index (χ3v) is 7.89. The van der Waals surface area contributed by atoms with Gasteiger partial charge in [-0.25, -0.2) is 12.8 Å². The molecule has 0 saturated heterocycles. The number of thioether (sulfide) groups is 1. The van der Waals surface area contributed by atoms with Crippen molar-refractivity contribution in [2.75, 3.05) is 12.3 Å². The Bertz CT molecular complexity index is 1170. The van der Waals surface area contributed by atoms with E-state index in [9.17, 15) is 12.8 Å². The predicted octanol–water partition coefficient (Wildman–Crippen LogP) is 2.70. The van der Waals surface area contributed by atoms with Crippen LogP contribution in [0.15, 0.2) is 34.3 Å². The summed E-state index contributed by atoms with van der Waals surface area (Å²) in [5.41, 5.74) is 2.49. The lowest BCUT2D eigenvalue weighted by Gasteiger charge is -2.27. The van der Waals surface area contributed by atoms with Gasteiger partial charge in [0.1, 0.15) is 11.5 Å². The molecule has 30 heavy (non-hydrogen) atoms.